The van der Waals surface area contributed by atoms with Crippen molar-refractivity contribution in [2.24, 2.45) is 0 Å². The van der Waals surface area contributed by atoms with E-state index < -0.39 is 17.7 Å². The number of benzene rings is 1. The molecule has 1 amide bonds. The van der Waals surface area contributed by atoms with Crippen LogP contribution in [0.5, 0.6) is 0 Å². The molecule has 0 unspecified atom stereocenters. The van der Waals surface area contributed by atoms with Crippen molar-refractivity contribution in [3.8, 4) is 0 Å². The van der Waals surface area contributed by atoms with E-state index in [0.717, 1.165) is 6.07 Å². The van der Waals surface area contributed by atoms with Crippen molar-refractivity contribution < 1.29 is 18.7 Å². The monoisotopic (exact) mass is 259 g/mol. The molecule has 0 aromatic heterocycles. The summed E-state index contributed by atoms with van der Waals surface area (Å²) >= 11 is 5.70. The molecule has 4 nitrogen and oxygen atoms in total. The number of hydrogen-bond donors (Lipinski definition) is 1. The quantitative estimate of drug-likeness (QED) is 0.839. The van der Waals surface area contributed by atoms with E-state index in [1.54, 1.807) is 0 Å². The number of hydrogen-bond acceptors (Lipinski definition) is 3. The average Bonchev–Trinajstić information content (AvgIpc) is 2.28. The van der Waals surface area contributed by atoms with Gasteiger partial charge in [-0.15, -0.1) is 0 Å². The molecule has 0 spiro atoms. The zero-order valence-electron chi connectivity index (χ0n) is 9.13. The largest absolute Gasteiger partial charge is 0.469 e. The molecule has 1 N–H and O–H groups in total. The molecule has 0 aliphatic heterocycles. The van der Waals surface area contributed by atoms with E-state index in [2.05, 4.69) is 10.1 Å². The lowest BCUT2D eigenvalue weighted by molar-refractivity contribution is -0.140. The molecule has 1 aromatic rings. The third-order valence-electron chi connectivity index (χ3n) is 2.03. The summed E-state index contributed by atoms with van der Waals surface area (Å²) in [5.41, 5.74) is -0.223. The van der Waals surface area contributed by atoms with E-state index in [-0.39, 0.29) is 23.6 Å². The van der Waals surface area contributed by atoms with Crippen LogP contribution in [0.4, 0.5) is 4.39 Å². The smallest absolute Gasteiger partial charge is 0.307 e. The third-order valence-corrected chi connectivity index (χ3v) is 2.35. The molecular weight excluding hydrogens is 249 g/mol. The van der Waals surface area contributed by atoms with Crippen LogP contribution in [0, 0.1) is 5.82 Å². The van der Waals surface area contributed by atoms with Gasteiger partial charge < -0.3 is 10.1 Å². The van der Waals surface area contributed by atoms with E-state index in [1.165, 1.54) is 19.2 Å². The van der Waals surface area contributed by atoms with Crippen molar-refractivity contribution in [3.63, 3.8) is 0 Å². The van der Waals surface area contributed by atoms with Crippen LogP contribution in [0.25, 0.3) is 0 Å². The fourth-order valence-corrected chi connectivity index (χ4v) is 1.43. The maximum Gasteiger partial charge on any atom is 0.307 e. The minimum absolute atomic E-state index is 0.0221. The molecule has 1 aromatic carbocycles. The highest BCUT2D eigenvalue weighted by Crippen LogP contribution is 2.18. The van der Waals surface area contributed by atoms with Gasteiger partial charge in [0.05, 0.1) is 24.1 Å². The first-order valence-electron chi connectivity index (χ1n) is 4.85. The summed E-state index contributed by atoms with van der Waals surface area (Å²) in [6, 6.07) is 3.96. The Morgan fingerprint density at radius 2 is 2.18 bits per heavy atom. The summed E-state index contributed by atoms with van der Waals surface area (Å²) in [7, 11) is 1.25. The summed E-state index contributed by atoms with van der Waals surface area (Å²) < 4.78 is 17.7. The maximum atomic E-state index is 13.3. The Labute approximate surface area is 103 Å². The van der Waals surface area contributed by atoms with Crippen molar-refractivity contribution >= 4 is 23.5 Å². The first-order chi connectivity index (χ1) is 8.06. The minimum atomic E-state index is -0.701. The second kappa shape index (κ2) is 6.20. The Kier molecular flexibility index (Phi) is 4.90. The fraction of sp³-hybridized carbons (Fsp3) is 0.273. The second-order valence-electron chi connectivity index (χ2n) is 3.18. The van der Waals surface area contributed by atoms with E-state index >= 15 is 0 Å². The number of rotatable bonds is 4. The van der Waals surface area contributed by atoms with Crippen LogP contribution in [0.2, 0.25) is 5.02 Å². The average molecular weight is 260 g/mol. The lowest BCUT2D eigenvalue weighted by Gasteiger charge is -2.06. The van der Waals surface area contributed by atoms with Crippen molar-refractivity contribution in [2.45, 2.75) is 6.42 Å². The summed E-state index contributed by atoms with van der Waals surface area (Å²) in [5.74, 6) is -1.81. The Balaban J connectivity index is 2.61. The lowest BCUT2D eigenvalue weighted by Crippen LogP contribution is -2.27. The van der Waals surface area contributed by atoms with Gasteiger partial charge in [-0.1, -0.05) is 17.7 Å². The molecule has 0 heterocycles. The van der Waals surface area contributed by atoms with Crippen LogP contribution >= 0.6 is 11.6 Å². The molecule has 0 bridgehead atoms. The maximum absolute atomic E-state index is 13.3. The van der Waals surface area contributed by atoms with Crippen LogP contribution in [-0.2, 0) is 9.53 Å². The Morgan fingerprint density at radius 3 is 2.76 bits per heavy atom. The summed E-state index contributed by atoms with van der Waals surface area (Å²) in [5, 5.41) is 2.41. The zero-order chi connectivity index (χ0) is 12.8. The van der Waals surface area contributed by atoms with Gasteiger partial charge in [0.2, 0.25) is 0 Å². The number of esters is 1. The van der Waals surface area contributed by atoms with Crippen molar-refractivity contribution in [1.82, 2.24) is 5.32 Å². The van der Waals surface area contributed by atoms with Gasteiger partial charge >= 0.3 is 5.97 Å². The molecule has 0 fully saturated rings. The minimum Gasteiger partial charge on any atom is -0.469 e. The van der Waals surface area contributed by atoms with E-state index in [4.69, 9.17) is 11.6 Å². The predicted octanol–water partition coefficient (Wildman–Crippen LogP) is 1.77. The molecule has 0 saturated heterocycles. The van der Waals surface area contributed by atoms with Gasteiger partial charge in [-0.3, -0.25) is 9.59 Å². The number of ether oxygens (including phenoxy) is 1. The number of halogens is 2. The SMILES string of the molecule is COC(=O)CCNC(=O)c1c(F)cccc1Cl. The standard InChI is InChI=1S/C11H11ClFNO3/c1-17-9(15)5-6-14-11(16)10-7(12)3-2-4-8(10)13/h2-4H,5-6H2,1H3,(H,14,16). The molecular formula is C11H11ClFNO3. The third kappa shape index (κ3) is 3.71. The molecule has 92 valence electrons. The highest BCUT2D eigenvalue weighted by Gasteiger charge is 2.15. The molecule has 17 heavy (non-hydrogen) atoms. The number of amides is 1. The van der Waals surface area contributed by atoms with Crippen LogP contribution in [0.15, 0.2) is 18.2 Å². The van der Waals surface area contributed by atoms with Gasteiger partial charge in [-0.05, 0) is 12.1 Å². The Morgan fingerprint density at radius 1 is 1.47 bits per heavy atom. The molecule has 0 saturated carbocycles. The predicted molar refractivity (Wildman–Crippen MR) is 60.4 cm³/mol. The van der Waals surface area contributed by atoms with E-state index in [1.807, 2.05) is 0 Å². The molecule has 6 heteroatoms. The van der Waals surface area contributed by atoms with Crippen LogP contribution in [0.3, 0.4) is 0 Å². The van der Waals surface area contributed by atoms with Gasteiger partial charge in [-0.25, -0.2) is 4.39 Å². The molecule has 1 rings (SSSR count). The van der Waals surface area contributed by atoms with Crippen molar-refractivity contribution in [2.75, 3.05) is 13.7 Å². The molecule has 0 aliphatic carbocycles. The number of nitrogens with one attached hydrogen (secondary N) is 1. The van der Waals surface area contributed by atoms with Crippen LogP contribution < -0.4 is 5.32 Å². The Bertz CT molecular complexity index is 416. The molecule has 0 radical (unpaired) electrons. The summed E-state index contributed by atoms with van der Waals surface area (Å²) in [6.45, 7) is 0.0656. The zero-order valence-corrected chi connectivity index (χ0v) is 9.88. The van der Waals surface area contributed by atoms with Gasteiger partial charge in [0.1, 0.15) is 5.82 Å². The lowest BCUT2D eigenvalue weighted by atomic mass is 10.2. The number of carbonyl (C=O) groups is 2. The first-order valence-corrected chi connectivity index (χ1v) is 5.23. The number of carbonyl (C=O) groups excluding carboxylic acids is 2. The van der Waals surface area contributed by atoms with E-state index in [0.29, 0.717) is 0 Å². The highest BCUT2D eigenvalue weighted by atomic mass is 35.5. The van der Waals surface area contributed by atoms with Gasteiger partial charge in [0.25, 0.3) is 5.91 Å². The van der Waals surface area contributed by atoms with Gasteiger partial charge in [-0.2, -0.15) is 0 Å². The fourth-order valence-electron chi connectivity index (χ4n) is 1.18. The second-order valence-corrected chi connectivity index (χ2v) is 3.59. The van der Waals surface area contributed by atoms with Gasteiger partial charge in [0.15, 0.2) is 0 Å². The molecule has 0 atom stereocenters. The number of methoxy groups -OCH3 is 1. The summed E-state index contributed by atoms with van der Waals surface area (Å²) in [6.07, 6.45) is 0.0221. The van der Waals surface area contributed by atoms with Crippen molar-refractivity contribution in [3.05, 3.63) is 34.6 Å². The topological polar surface area (TPSA) is 55.4 Å². The highest BCUT2D eigenvalue weighted by molar-refractivity contribution is 6.33. The van der Waals surface area contributed by atoms with Crippen LogP contribution in [0.1, 0.15) is 16.8 Å². The molecule has 0 aliphatic rings. The van der Waals surface area contributed by atoms with Crippen molar-refractivity contribution in [1.29, 1.82) is 0 Å². The Hall–Kier alpha value is -1.62. The van der Waals surface area contributed by atoms with Crippen LogP contribution in [-0.4, -0.2) is 25.5 Å². The van der Waals surface area contributed by atoms with E-state index in [9.17, 15) is 14.0 Å². The van der Waals surface area contributed by atoms with Gasteiger partial charge in [0, 0.05) is 6.54 Å². The first kappa shape index (κ1) is 13.4. The normalized spacial score (nSPS) is 9.82. The summed E-state index contributed by atoms with van der Waals surface area (Å²) in [4.78, 5) is 22.4.